The Labute approximate surface area is 130 Å². The van der Waals surface area contributed by atoms with Crippen LogP contribution in [0.4, 0.5) is 5.69 Å². The number of rotatable bonds is 5. The highest BCUT2D eigenvalue weighted by atomic mass is 32.2. The molecule has 1 aromatic rings. The van der Waals surface area contributed by atoms with E-state index in [4.69, 9.17) is 4.74 Å². The Bertz CT molecular complexity index is 689. The number of hydrogen-bond acceptors (Lipinski definition) is 4. The minimum absolute atomic E-state index is 0.0101. The van der Waals surface area contributed by atoms with Crippen LogP contribution >= 0.6 is 0 Å². The third-order valence-electron chi connectivity index (χ3n) is 3.83. The van der Waals surface area contributed by atoms with Gasteiger partial charge in [0.05, 0.1) is 18.4 Å². The lowest BCUT2D eigenvalue weighted by molar-refractivity contribution is -0.120. The maximum atomic E-state index is 12.6. The number of benzene rings is 1. The number of nitrogens with zero attached hydrogens (tertiary/aromatic N) is 1. The summed E-state index contributed by atoms with van der Waals surface area (Å²) in [5.41, 5.74) is 0.715. The third kappa shape index (κ3) is 3.16. The first-order valence-electron chi connectivity index (χ1n) is 7.47. The number of amides is 1. The van der Waals surface area contributed by atoms with Gasteiger partial charge in [0.1, 0.15) is 5.75 Å². The molecule has 0 bridgehead atoms. The molecule has 1 aliphatic heterocycles. The lowest BCUT2D eigenvalue weighted by atomic mass is 10.2. The molecule has 1 fully saturated rings. The van der Waals surface area contributed by atoms with Gasteiger partial charge in [-0.1, -0.05) is 0 Å². The standard InChI is InChI=1S/C16H19NO4S/c1-2-21-15-7-5-13(6-8-15)17(16(18)12-3-4-12)14-9-10-22(19,20)11-14/h5-10,12,14H,2-4,11H2,1H3. The van der Waals surface area contributed by atoms with Gasteiger partial charge >= 0.3 is 0 Å². The molecule has 2 aliphatic rings. The fourth-order valence-corrected chi connectivity index (χ4v) is 3.87. The van der Waals surface area contributed by atoms with Crippen molar-refractivity contribution in [2.45, 2.75) is 25.8 Å². The Morgan fingerprint density at radius 3 is 2.45 bits per heavy atom. The topological polar surface area (TPSA) is 63.7 Å². The molecule has 1 atom stereocenters. The lowest BCUT2D eigenvalue weighted by Crippen LogP contribution is -2.42. The molecular formula is C16H19NO4S. The zero-order valence-electron chi connectivity index (χ0n) is 12.4. The number of sulfone groups is 1. The van der Waals surface area contributed by atoms with Crippen LogP contribution in [0.3, 0.4) is 0 Å². The summed E-state index contributed by atoms with van der Waals surface area (Å²) in [6, 6.07) is 6.81. The van der Waals surface area contributed by atoms with Crippen LogP contribution in [0, 0.1) is 5.92 Å². The van der Waals surface area contributed by atoms with Gasteiger partial charge in [-0.3, -0.25) is 4.79 Å². The molecule has 1 aromatic carbocycles. The maximum absolute atomic E-state index is 12.6. The Morgan fingerprint density at radius 1 is 1.27 bits per heavy atom. The fraction of sp³-hybridized carbons (Fsp3) is 0.438. The van der Waals surface area contributed by atoms with Gasteiger partial charge in [0.2, 0.25) is 5.91 Å². The largest absolute Gasteiger partial charge is 0.494 e. The Hall–Kier alpha value is -1.82. The fourth-order valence-electron chi connectivity index (χ4n) is 2.60. The van der Waals surface area contributed by atoms with Crippen LogP contribution in [0.25, 0.3) is 0 Å². The summed E-state index contributed by atoms with van der Waals surface area (Å²) in [5, 5.41) is 1.21. The van der Waals surface area contributed by atoms with E-state index < -0.39 is 15.9 Å². The average molecular weight is 321 g/mol. The normalized spacial score (nSPS) is 22.5. The van der Waals surface area contributed by atoms with E-state index in [-0.39, 0.29) is 17.6 Å². The molecule has 6 heteroatoms. The highest BCUT2D eigenvalue weighted by Crippen LogP contribution is 2.35. The van der Waals surface area contributed by atoms with Crippen molar-refractivity contribution in [3.05, 3.63) is 35.7 Å². The van der Waals surface area contributed by atoms with Crippen LogP contribution in [-0.4, -0.2) is 32.7 Å². The van der Waals surface area contributed by atoms with E-state index >= 15 is 0 Å². The highest BCUT2D eigenvalue weighted by molar-refractivity contribution is 7.94. The SMILES string of the molecule is CCOc1ccc(N(C(=O)C2CC2)C2C=CS(=O)(=O)C2)cc1. The minimum atomic E-state index is -3.20. The summed E-state index contributed by atoms with van der Waals surface area (Å²) in [5.74, 6) is 0.734. The van der Waals surface area contributed by atoms with Crippen molar-refractivity contribution in [1.29, 1.82) is 0 Å². The van der Waals surface area contributed by atoms with Crippen molar-refractivity contribution in [3.8, 4) is 5.75 Å². The Kier molecular flexibility index (Phi) is 3.95. The Balaban J connectivity index is 1.88. The zero-order valence-corrected chi connectivity index (χ0v) is 13.3. The molecule has 22 heavy (non-hydrogen) atoms. The van der Waals surface area contributed by atoms with E-state index in [1.807, 2.05) is 19.1 Å². The lowest BCUT2D eigenvalue weighted by Gasteiger charge is -2.28. The summed E-state index contributed by atoms with van der Waals surface area (Å²) < 4.78 is 28.8. The van der Waals surface area contributed by atoms with Gasteiger partial charge in [0.15, 0.2) is 9.84 Å². The number of hydrogen-bond donors (Lipinski definition) is 0. The molecule has 1 amide bonds. The molecule has 5 nitrogen and oxygen atoms in total. The van der Waals surface area contributed by atoms with Gasteiger partial charge in [-0.05, 0) is 50.1 Å². The van der Waals surface area contributed by atoms with Crippen molar-refractivity contribution in [3.63, 3.8) is 0 Å². The summed E-state index contributed by atoms with van der Waals surface area (Å²) in [6.07, 6.45) is 3.37. The van der Waals surface area contributed by atoms with Crippen LogP contribution in [0.1, 0.15) is 19.8 Å². The van der Waals surface area contributed by atoms with Gasteiger partial charge in [0.25, 0.3) is 0 Å². The highest BCUT2D eigenvalue weighted by Gasteiger charge is 2.39. The smallest absolute Gasteiger partial charge is 0.230 e. The second kappa shape index (κ2) is 5.76. The second-order valence-electron chi connectivity index (χ2n) is 5.63. The summed E-state index contributed by atoms with van der Waals surface area (Å²) >= 11 is 0. The van der Waals surface area contributed by atoms with Gasteiger partial charge < -0.3 is 9.64 Å². The van der Waals surface area contributed by atoms with Crippen molar-refractivity contribution in [1.82, 2.24) is 0 Å². The van der Waals surface area contributed by atoms with Gasteiger partial charge in [-0.15, -0.1) is 0 Å². The first-order valence-corrected chi connectivity index (χ1v) is 9.18. The van der Waals surface area contributed by atoms with Crippen LogP contribution in [0.2, 0.25) is 0 Å². The molecule has 0 radical (unpaired) electrons. The quantitative estimate of drug-likeness (QED) is 0.833. The maximum Gasteiger partial charge on any atom is 0.230 e. The molecule has 1 aliphatic carbocycles. The summed E-state index contributed by atoms with van der Waals surface area (Å²) in [4.78, 5) is 14.2. The molecule has 0 spiro atoms. The van der Waals surface area contributed by atoms with E-state index in [1.165, 1.54) is 5.41 Å². The number of carbonyl (C=O) groups excluding carboxylic acids is 1. The Morgan fingerprint density at radius 2 is 1.95 bits per heavy atom. The van der Waals surface area contributed by atoms with Crippen LogP contribution < -0.4 is 9.64 Å². The predicted molar refractivity (Wildman–Crippen MR) is 84.5 cm³/mol. The number of anilines is 1. The molecule has 0 N–H and O–H groups in total. The summed E-state index contributed by atoms with van der Waals surface area (Å²) in [6.45, 7) is 2.48. The van der Waals surface area contributed by atoms with E-state index in [0.29, 0.717) is 12.3 Å². The van der Waals surface area contributed by atoms with Crippen molar-refractivity contribution < 1.29 is 17.9 Å². The van der Waals surface area contributed by atoms with Crippen LogP contribution in [0.5, 0.6) is 5.75 Å². The van der Waals surface area contributed by atoms with E-state index in [9.17, 15) is 13.2 Å². The average Bonchev–Trinajstić information content (AvgIpc) is 3.26. The molecule has 1 heterocycles. The first kappa shape index (κ1) is 15.1. The predicted octanol–water partition coefficient (Wildman–Crippen LogP) is 2.14. The molecule has 3 rings (SSSR count). The number of carbonyl (C=O) groups is 1. The zero-order chi connectivity index (χ0) is 15.7. The molecular weight excluding hydrogens is 302 g/mol. The van der Waals surface area contributed by atoms with Gasteiger partial charge in [-0.2, -0.15) is 0 Å². The van der Waals surface area contributed by atoms with E-state index in [2.05, 4.69) is 0 Å². The van der Waals surface area contributed by atoms with Gasteiger partial charge in [0, 0.05) is 17.0 Å². The molecule has 1 unspecified atom stereocenters. The summed E-state index contributed by atoms with van der Waals surface area (Å²) in [7, 11) is -3.20. The molecule has 0 aromatic heterocycles. The molecule has 0 saturated heterocycles. The third-order valence-corrected chi connectivity index (χ3v) is 5.21. The van der Waals surface area contributed by atoms with Gasteiger partial charge in [-0.25, -0.2) is 8.42 Å². The van der Waals surface area contributed by atoms with Crippen LogP contribution in [-0.2, 0) is 14.6 Å². The van der Waals surface area contributed by atoms with Crippen LogP contribution in [0.15, 0.2) is 35.7 Å². The monoisotopic (exact) mass is 321 g/mol. The first-order chi connectivity index (χ1) is 10.5. The minimum Gasteiger partial charge on any atom is -0.494 e. The van der Waals surface area contributed by atoms with E-state index in [0.717, 1.165) is 18.6 Å². The van der Waals surface area contributed by atoms with Crippen molar-refractivity contribution in [2.24, 2.45) is 5.92 Å². The van der Waals surface area contributed by atoms with Crippen molar-refractivity contribution >= 4 is 21.4 Å². The molecule has 1 saturated carbocycles. The van der Waals surface area contributed by atoms with Crippen molar-refractivity contribution in [2.75, 3.05) is 17.3 Å². The van der Waals surface area contributed by atoms with E-state index in [1.54, 1.807) is 23.1 Å². The number of ether oxygens (including phenoxy) is 1. The molecule has 118 valence electrons. The second-order valence-corrected chi connectivity index (χ2v) is 7.57.